The minimum atomic E-state index is -0.450. The zero-order chi connectivity index (χ0) is 14.4. The lowest BCUT2D eigenvalue weighted by Crippen LogP contribution is -2.27. The summed E-state index contributed by atoms with van der Waals surface area (Å²) in [6, 6.07) is 10.6. The van der Waals surface area contributed by atoms with Crippen molar-refractivity contribution in [2.45, 2.75) is 6.54 Å². The maximum Gasteiger partial charge on any atom is 0.248 e. The van der Waals surface area contributed by atoms with Crippen molar-refractivity contribution in [3.8, 4) is 0 Å². The van der Waals surface area contributed by atoms with Gasteiger partial charge in [0, 0.05) is 30.2 Å². The highest BCUT2D eigenvalue weighted by Gasteiger charge is 2.01. The zero-order valence-corrected chi connectivity index (χ0v) is 11.5. The third-order valence-electron chi connectivity index (χ3n) is 2.60. The average molecular weight is 286 g/mol. The number of benzene rings is 1. The molecule has 0 unspecified atom stereocenters. The van der Waals surface area contributed by atoms with Crippen LogP contribution in [0.5, 0.6) is 0 Å². The molecule has 0 aliphatic carbocycles. The number of hydrogen-bond donors (Lipinski definition) is 3. The molecule has 20 heavy (non-hydrogen) atoms. The highest BCUT2D eigenvalue weighted by atomic mass is 32.1. The van der Waals surface area contributed by atoms with Crippen LogP contribution >= 0.6 is 12.2 Å². The van der Waals surface area contributed by atoms with Gasteiger partial charge in [-0.05, 0) is 48.1 Å². The van der Waals surface area contributed by atoms with E-state index in [1.165, 1.54) is 0 Å². The Morgan fingerprint density at radius 1 is 1.25 bits per heavy atom. The summed E-state index contributed by atoms with van der Waals surface area (Å²) in [5, 5.41) is 6.60. The van der Waals surface area contributed by atoms with Gasteiger partial charge in [-0.25, -0.2) is 0 Å². The van der Waals surface area contributed by atoms with E-state index in [4.69, 9.17) is 18.0 Å². The van der Waals surface area contributed by atoms with Crippen LogP contribution in [-0.2, 0) is 6.54 Å². The number of nitrogens with zero attached hydrogens (tertiary/aromatic N) is 1. The first-order chi connectivity index (χ1) is 9.65. The number of nitrogens with two attached hydrogens (primary N) is 1. The second kappa shape index (κ2) is 6.63. The van der Waals surface area contributed by atoms with Crippen molar-refractivity contribution in [3.63, 3.8) is 0 Å². The van der Waals surface area contributed by atoms with E-state index >= 15 is 0 Å². The molecule has 0 aliphatic heterocycles. The quantitative estimate of drug-likeness (QED) is 0.745. The first-order valence-electron chi connectivity index (χ1n) is 5.99. The normalized spacial score (nSPS) is 9.80. The number of anilines is 1. The van der Waals surface area contributed by atoms with Gasteiger partial charge in [-0.3, -0.25) is 9.78 Å². The zero-order valence-electron chi connectivity index (χ0n) is 10.7. The molecule has 102 valence electrons. The molecule has 0 saturated heterocycles. The molecule has 0 aliphatic rings. The smallest absolute Gasteiger partial charge is 0.248 e. The van der Waals surface area contributed by atoms with Crippen LogP contribution in [0, 0.1) is 0 Å². The lowest BCUT2D eigenvalue weighted by molar-refractivity contribution is 0.100. The van der Waals surface area contributed by atoms with Crippen LogP contribution in [-0.4, -0.2) is 16.0 Å². The highest BCUT2D eigenvalue weighted by molar-refractivity contribution is 7.80. The Hall–Kier alpha value is -2.47. The Morgan fingerprint density at radius 2 is 2.00 bits per heavy atom. The second-order valence-corrected chi connectivity index (χ2v) is 4.52. The number of carbonyl (C=O) groups excluding carboxylic acids is 1. The molecule has 5 nitrogen and oxygen atoms in total. The van der Waals surface area contributed by atoms with Gasteiger partial charge in [-0.1, -0.05) is 6.07 Å². The van der Waals surface area contributed by atoms with Gasteiger partial charge in [0.15, 0.2) is 5.11 Å². The maximum atomic E-state index is 11.0. The van der Waals surface area contributed by atoms with Crippen molar-refractivity contribution in [1.82, 2.24) is 10.3 Å². The van der Waals surface area contributed by atoms with Crippen molar-refractivity contribution in [3.05, 3.63) is 59.9 Å². The Bertz CT molecular complexity index is 598. The van der Waals surface area contributed by atoms with Crippen molar-refractivity contribution in [2.75, 3.05) is 5.32 Å². The van der Waals surface area contributed by atoms with Crippen LogP contribution in [0.25, 0.3) is 0 Å². The predicted octanol–water partition coefficient (Wildman–Crippen LogP) is 1.67. The number of carbonyl (C=O) groups is 1. The fourth-order valence-electron chi connectivity index (χ4n) is 1.58. The first kappa shape index (κ1) is 14.0. The summed E-state index contributed by atoms with van der Waals surface area (Å²) < 4.78 is 0. The van der Waals surface area contributed by atoms with Gasteiger partial charge in [-0.2, -0.15) is 0 Å². The number of pyridine rings is 1. The summed E-state index contributed by atoms with van der Waals surface area (Å²) in [7, 11) is 0. The Morgan fingerprint density at radius 3 is 2.60 bits per heavy atom. The van der Waals surface area contributed by atoms with Gasteiger partial charge >= 0.3 is 0 Å². The van der Waals surface area contributed by atoms with Crippen LogP contribution in [0.3, 0.4) is 0 Å². The molecule has 4 N–H and O–H groups in total. The fraction of sp³-hybridized carbons (Fsp3) is 0.0714. The minimum Gasteiger partial charge on any atom is -0.366 e. The minimum absolute atomic E-state index is 0.450. The summed E-state index contributed by atoms with van der Waals surface area (Å²) in [5.41, 5.74) is 7.47. The van der Waals surface area contributed by atoms with Crippen molar-refractivity contribution >= 4 is 28.9 Å². The number of hydrogen-bond acceptors (Lipinski definition) is 3. The molecule has 2 aromatic rings. The van der Waals surface area contributed by atoms with Crippen molar-refractivity contribution < 1.29 is 4.79 Å². The molecule has 0 atom stereocenters. The van der Waals surface area contributed by atoms with Crippen LogP contribution in [0.1, 0.15) is 15.9 Å². The number of aromatic nitrogens is 1. The van der Waals surface area contributed by atoms with E-state index in [9.17, 15) is 4.79 Å². The number of primary amides is 1. The summed E-state index contributed by atoms with van der Waals surface area (Å²) in [6.07, 6.45) is 3.50. The second-order valence-electron chi connectivity index (χ2n) is 4.11. The van der Waals surface area contributed by atoms with Gasteiger partial charge < -0.3 is 16.4 Å². The van der Waals surface area contributed by atoms with E-state index < -0.39 is 5.91 Å². The molecule has 1 amide bonds. The van der Waals surface area contributed by atoms with Crippen LogP contribution in [0.15, 0.2) is 48.8 Å². The molecule has 1 heterocycles. The van der Waals surface area contributed by atoms with E-state index in [-0.39, 0.29) is 0 Å². The lowest BCUT2D eigenvalue weighted by atomic mass is 10.2. The predicted molar refractivity (Wildman–Crippen MR) is 82.3 cm³/mol. The molecule has 1 aromatic carbocycles. The maximum absolute atomic E-state index is 11.0. The van der Waals surface area contributed by atoms with Gasteiger partial charge in [0.1, 0.15) is 0 Å². The van der Waals surface area contributed by atoms with Crippen LogP contribution in [0.2, 0.25) is 0 Å². The lowest BCUT2D eigenvalue weighted by Gasteiger charge is -2.10. The summed E-state index contributed by atoms with van der Waals surface area (Å²) in [6.45, 7) is 0.596. The molecule has 6 heteroatoms. The van der Waals surface area contributed by atoms with Crippen LogP contribution in [0.4, 0.5) is 5.69 Å². The van der Waals surface area contributed by atoms with Gasteiger partial charge in [0.25, 0.3) is 0 Å². The molecule has 0 fully saturated rings. The molecule has 0 radical (unpaired) electrons. The Labute approximate surface area is 122 Å². The number of rotatable bonds is 4. The van der Waals surface area contributed by atoms with E-state index in [1.54, 1.807) is 36.7 Å². The van der Waals surface area contributed by atoms with E-state index in [1.807, 2.05) is 12.1 Å². The molecule has 0 spiro atoms. The summed E-state index contributed by atoms with van der Waals surface area (Å²) >= 11 is 5.19. The molecular weight excluding hydrogens is 272 g/mol. The van der Waals surface area contributed by atoms with Crippen molar-refractivity contribution in [2.24, 2.45) is 5.73 Å². The average Bonchev–Trinajstić information content (AvgIpc) is 2.47. The summed E-state index contributed by atoms with van der Waals surface area (Å²) in [5.74, 6) is -0.450. The first-order valence-corrected chi connectivity index (χ1v) is 6.39. The largest absolute Gasteiger partial charge is 0.366 e. The van der Waals surface area contributed by atoms with Gasteiger partial charge in [0.2, 0.25) is 5.91 Å². The topological polar surface area (TPSA) is 80.0 Å². The highest BCUT2D eigenvalue weighted by Crippen LogP contribution is 2.09. The van der Waals surface area contributed by atoms with E-state index in [0.29, 0.717) is 17.2 Å². The standard InChI is InChI=1S/C14H14N4OS/c15-13(19)11-3-5-12(6-4-11)18-14(20)17-9-10-2-1-7-16-8-10/h1-8H,9H2,(H2,15,19)(H2,17,18,20). The molecule has 1 aromatic heterocycles. The molecular formula is C14H14N4OS. The third-order valence-corrected chi connectivity index (χ3v) is 2.85. The monoisotopic (exact) mass is 286 g/mol. The number of nitrogens with one attached hydrogen (secondary N) is 2. The van der Waals surface area contributed by atoms with Crippen LogP contribution < -0.4 is 16.4 Å². The van der Waals surface area contributed by atoms with Gasteiger partial charge in [-0.15, -0.1) is 0 Å². The number of amides is 1. The van der Waals surface area contributed by atoms with Gasteiger partial charge in [0.05, 0.1) is 0 Å². The Kier molecular flexibility index (Phi) is 4.62. The Balaban J connectivity index is 1.86. The van der Waals surface area contributed by atoms with E-state index in [0.717, 1.165) is 11.3 Å². The molecule has 2 rings (SSSR count). The summed E-state index contributed by atoms with van der Waals surface area (Å²) in [4.78, 5) is 15.0. The molecule has 0 saturated carbocycles. The van der Waals surface area contributed by atoms with Crippen molar-refractivity contribution in [1.29, 1.82) is 0 Å². The molecule has 0 bridgehead atoms. The third kappa shape index (κ3) is 4.03. The number of thiocarbonyl (C=S) groups is 1. The fourth-order valence-corrected chi connectivity index (χ4v) is 1.77. The van der Waals surface area contributed by atoms with E-state index in [2.05, 4.69) is 15.6 Å². The SMILES string of the molecule is NC(=O)c1ccc(NC(=S)NCc2cccnc2)cc1.